The minimum atomic E-state index is 0.400. The molecule has 0 aromatic heterocycles. The molecule has 0 amide bonds. The molecule has 0 aliphatic carbocycles. The fraction of sp³-hybridized carbons (Fsp3) is 1.00. The number of piperidine rings is 1. The van der Waals surface area contributed by atoms with Gasteiger partial charge in [0.05, 0.1) is 12.7 Å². The van der Waals surface area contributed by atoms with Crippen LogP contribution in [0.3, 0.4) is 0 Å². The summed E-state index contributed by atoms with van der Waals surface area (Å²) in [7, 11) is 0. The Morgan fingerprint density at radius 3 is 2.84 bits per heavy atom. The van der Waals surface area contributed by atoms with Crippen molar-refractivity contribution >= 4 is 0 Å². The summed E-state index contributed by atoms with van der Waals surface area (Å²) < 4.78 is 5.95. The van der Waals surface area contributed by atoms with E-state index in [0.717, 1.165) is 32.8 Å². The number of ether oxygens (including phenoxy) is 1. The number of hydrogen-bond acceptors (Lipinski definition) is 4. The van der Waals surface area contributed by atoms with Crippen molar-refractivity contribution in [3.05, 3.63) is 0 Å². The Hall–Kier alpha value is -0.160. The van der Waals surface area contributed by atoms with Gasteiger partial charge in [-0.2, -0.15) is 0 Å². The van der Waals surface area contributed by atoms with Crippen LogP contribution in [-0.2, 0) is 4.74 Å². The van der Waals surface area contributed by atoms with Gasteiger partial charge in [0.15, 0.2) is 0 Å². The molecule has 4 heteroatoms. The van der Waals surface area contributed by atoms with E-state index in [1.54, 1.807) is 0 Å². The summed E-state index contributed by atoms with van der Waals surface area (Å²) in [5, 5.41) is 3.59. The van der Waals surface area contributed by atoms with Gasteiger partial charge in [-0.3, -0.25) is 9.80 Å². The maximum Gasteiger partial charge on any atom is 0.0829 e. The number of rotatable bonds is 5. The highest BCUT2D eigenvalue weighted by Crippen LogP contribution is 2.14. The van der Waals surface area contributed by atoms with E-state index in [2.05, 4.69) is 35.9 Å². The SMILES string of the molecule is CCNC1CCCN(CC2CN(C(C)C)CCO2)C1. The number of nitrogens with zero attached hydrogens (tertiary/aromatic N) is 2. The van der Waals surface area contributed by atoms with Crippen LogP contribution in [0.1, 0.15) is 33.6 Å². The fourth-order valence-corrected chi connectivity index (χ4v) is 3.29. The molecule has 2 rings (SSSR count). The summed E-state index contributed by atoms with van der Waals surface area (Å²) in [6, 6.07) is 1.32. The van der Waals surface area contributed by atoms with E-state index in [1.807, 2.05) is 0 Å². The average molecular weight is 269 g/mol. The highest BCUT2D eigenvalue weighted by molar-refractivity contribution is 4.82. The van der Waals surface area contributed by atoms with Crippen molar-refractivity contribution in [1.29, 1.82) is 0 Å². The number of hydrogen-bond donors (Lipinski definition) is 1. The van der Waals surface area contributed by atoms with Crippen molar-refractivity contribution in [2.75, 3.05) is 45.9 Å². The quantitative estimate of drug-likeness (QED) is 0.811. The van der Waals surface area contributed by atoms with E-state index < -0.39 is 0 Å². The van der Waals surface area contributed by atoms with Crippen LogP contribution in [0.5, 0.6) is 0 Å². The molecule has 2 saturated heterocycles. The smallest absolute Gasteiger partial charge is 0.0829 e. The zero-order chi connectivity index (χ0) is 13.7. The van der Waals surface area contributed by atoms with Crippen molar-refractivity contribution in [2.24, 2.45) is 0 Å². The summed E-state index contributed by atoms with van der Waals surface area (Å²) in [4.78, 5) is 5.13. The summed E-state index contributed by atoms with van der Waals surface area (Å²) in [5.41, 5.74) is 0. The Bertz CT molecular complexity index is 258. The monoisotopic (exact) mass is 269 g/mol. The van der Waals surface area contributed by atoms with Crippen LogP contribution in [0, 0.1) is 0 Å². The Balaban J connectivity index is 1.76. The molecular formula is C15H31N3O. The van der Waals surface area contributed by atoms with Gasteiger partial charge in [0.2, 0.25) is 0 Å². The van der Waals surface area contributed by atoms with Gasteiger partial charge in [-0.05, 0) is 39.8 Å². The van der Waals surface area contributed by atoms with Crippen LogP contribution in [0.2, 0.25) is 0 Å². The lowest BCUT2D eigenvalue weighted by molar-refractivity contribution is -0.0549. The molecule has 2 heterocycles. The molecule has 4 nitrogen and oxygen atoms in total. The van der Waals surface area contributed by atoms with Gasteiger partial charge in [0.25, 0.3) is 0 Å². The van der Waals surface area contributed by atoms with E-state index in [4.69, 9.17) is 4.74 Å². The molecule has 0 aromatic carbocycles. The van der Waals surface area contributed by atoms with Gasteiger partial charge in [0, 0.05) is 38.3 Å². The first-order valence-electron chi connectivity index (χ1n) is 8.00. The lowest BCUT2D eigenvalue weighted by Gasteiger charge is -2.40. The molecule has 2 unspecified atom stereocenters. The van der Waals surface area contributed by atoms with Crippen LogP contribution in [0.25, 0.3) is 0 Å². The molecule has 19 heavy (non-hydrogen) atoms. The second-order valence-electron chi connectivity index (χ2n) is 6.24. The van der Waals surface area contributed by atoms with Gasteiger partial charge in [-0.1, -0.05) is 6.92 Å². The molecule has 112 valence electrons. The van der Waals surface area contributed by atoms with Crippen molar-refractivity contribution < 1.29 is 4.74 Å². The van der Waals surface area contributed by atoms with Crippen LogP contribution < -0.4 is 5.32 Å². The van der Waals surface area contributed by atoms with Crippen LogP contribution in [0.15, 0.2) is 0 Å². The number of likely N-dealkylation sites (tertiary alicyclic amines) is 1. The zero-order valence-electron chi connectivity index (χ0n) is 12.9. The lowest BCUT2D eigenvalue weighted by Crippen LogP contribution is -2.53. The predicted molar refractivity (Wildman–Crippen MR) is 79.6 cm³/mol. The molecular weight excluding hydrogens is 238 g/mol. The largest absolute Gasteiger partial charge is 0.374 e. The van der Waals surface area contributed by atoms with Gasteiger partial charge in [-0.15, -0.1) is 0 Å². The van der Waals surface area contributed by atoms with Gasteiger partial charge < -0.3 is 10.1 Å². The van der Waals surface area contributed by atoms with Gasteiger partial charge in [0.1, 0.15) is 0 Å². The Morgan fingerprint density at radius 2 is 2.11 bits per heavy atom. The third-order valence-electron chi connectivity index (χ3n) is 4.36. The molecule has 2 aliphatic heterocycles. The van der Waals surface area contributed by atoms with Crippen LogP contribution in [0.4, 0.5) is 0 Å². The summed E-state index contributed by atoms with van der Waals surface area (Å²) in [5.74, 6) is 0. The maximum absolute atomic E-state index is 5.95. The Morgan fingerprint density at radius 1 is 1.26 bits per heavy atom. The maximum atomic E-state index is 5.95. The standard InChI is InChI=1S/C15H31N3O/c1-4-16-14-6-5-7-17(10-14)11-15-12-18(13(2)3)8-9-19-15/h13-16H,4-12H2,1-3H3. The van der Waals surface area contributed by atoms with Gasteiger partial charge in [-0.25, -0.2) is 0 Å². The highest BCUT2D eigenvalue weighted by atomic mass is 16.5. The third kappa shape index (κ3) is 4.71. The van der Waals surface area contributed by atoms with Crippen molar-refractivity contribution in [3.8, 4) is 0 Å². The molecule has 0 bridgehead atoms. The lowest BCUT2D eigenvalue weighted by atomic mass is 10.0. The fourth-order valence-electron chi connectivity index (χ4n) is 3.29. The van der Waals surface area contributed by atoms with Crippen molar-refractivity contribution in [3.63, 3.8) is 0 Å². The number of morpholine rings is 1. The zero-order valence-corrected chi connectivity index (χ0v) is 12.9. The number of nitrogens with one attached hydrogen (secondary N) is 1. The first kappa shape index (κ1) is 15.2. The molecule has 0 saturated carbocycles. The van der Waals surface area contributed by atoms with Crippen molar-refractivity contribution in [1.82, 2.24) is 15.1 Å². The minimum Gasteiger partial charge on any atom is -0.374 e. The van der Waals surface area contributed by atoms with Crippen LogP contribution >= 0.6 is 0 Å². The Kier molecular flexibility index (Phi) is 6.07. The molecule has 0 aromatic rings. The molecule has 2 fully saturated rings. The molecule has 2 atom stereocenters. The topological polar surface area (TPSA) is 27.7 Å². The first-order chi connectivity index (χ1) is 9.19. The molecule has 2 aliphatic rings. The second-order valence-corrected chi connectivity index (χ2v) is 6.24. The van der Waals surface area contributed by atoms with E-state index in [9.17, 15) is 0 Å². The summed E-state index contributed by atoms with van der Waals surface area (Å²) in [6.45, 7) is 14.5. The van der Waals surface area contributed by atoms with E-state index in [1.165, 1.54) is 25.9 Å². The Labute approximate surface area is 118 Å². The number of likely N-dealkylation sites (N-methyl/N-ethyl adjacent to an activating group) is 1. The average Bonchev–Trinajstić information content (AvgIpc) is 2.40. The molecule has 1 N–H and O–H groups in total. The predicted octanol–water partition coefficient (Wildman–Crippen LogP) is 1.17. The van der Waals surface area contributed by atoms with Crippen LogP contribution in [-0.4, -0.2) is 73.9 Å². The highest BCUT2D eigenvalue weighted by Gasteiger charge is 2.26. The molecule has 0 radical (unpaired) electrons. The normalized spacial score (nSPS) is 30.9. The summed E-state index contributed by atoms with van der Waals surface area (Å²) >= 11 is 0. The van der Waals surface area contributed by atoms with Crippen molar-refractivity contribution in [2.45, 2.75) is 51.8 Å². The first-order valence-corrected chi connectivity index (χ1v) is 8.00. The minimum absolute atomic E-state index is 0.400. The van der Waals surface area contributed by atoms with Gasteiger partial charge >= 0.3 is 0 Å². The van der Waals surface area contributed by atoms with E-state index >= 15 is 0 Å². The van der Waals surface area contributed by atoms with E-state index in [0.29, 0.717) is 18.2 Å². The van der Waals surface area contributed by atoms with E-state index in [-0.39, 0.29) is 0 Å². The summed E-state index contributed by atoms with van der Waals surface area (Å²) in [6.07, 6.45) is 3.04. The third-order valence-corrected chi connectivity index (χ3v) is 4.36. The second kappa shape index (κ2) is 7.58. The molecule has 0 spiro atoms.